The Kier molecular flexibility index (Phi) is 4.06. The van der Waals surface area contributed by atoms with Crippen LogP contribution in [0.2, 0.25) is 5.02 Å². The van der Waals surface area contributed by atoms with E-state index in [-0.39, 0.29) is 5.92 Å². The topological polar surface area (TPSA) is 9.23 Å². The number of methoxy groups -OCH3 is 1. The van der Waals surface area contributed by atoms with Crippen molar-refractivity contribution >= 4 is 11.6 Å². The van der Waals surface area contributed by atoms with E-state index in [0.717, 1.165) is 21.9 Å². The maximum Gasteiger partial charge on any atom is 0.122 e. The molecule has 2 aromatic carbocycles. The van der Waals surface area contributed by atoms with Crippen molar-refractivity contribution in [2.45, 2.75) is 5.92 Å². The molecular formula is C16H15ClO. The highest BCUT2D eigenvalue weighted by molar-refractivity contribution is 6.30. The Labute approximate surface area is 113 Å². The van der Waals surface area contributed by atoms with Gasteiger partial charge in [0.05, 0.1) is 7.11 Å². The van der Waals surface area contributed by atoms with Crippen LogP contribution in [0.25, 0.3) is 0 Å². The molecule has 0 aliphatic rings. The van der Waals surface area contributed by atoms with Gasteiger partial charge in [0.1, 0.15) is 5.75 Å². The van der Waals surface area contributed by atoms with Gasteiger partial charge in [-0.25, -0.2) is 0 Å². The normalized spacial score (nSPS) is 11.9. The second-order valence-corrected chi connectivity index (χ2v) is 4.44. The third-order valence-electron chi connectivity index (χ3n) is 2.94. The van der Waals surface area contributed by atoms with Crippen LogP contribution in [0.1, 0.15) is 17.0 Å². The number of halogens is 1. The van der Waals surface area contributed by atoms with Crippen LogP contribution in [0.5, 0.6) is 5.75 Å². The van der Waals surface area contributed by atoms with E-state index in [1.807, 2.05) is 48.5 Å². The molecule has 1 nitrogen and oxygen atoms in total. The van der Waals surface area contributed by atoms with Gasteiger partial charge in [-0.05, 0) is 23.8 Å². The summed E-state index contributed by atoms with van der Waals surface area (Å²) in [5.41, 5.74) is 2.26. The van der Waals surface area contributed by atoms with Gasteiger partial charge < -0.3 is 4.74 Å². The molecule has 0 aliphatic heterocycles. The highest BCUT2D eigenvalue weighted by Crippen LogP contribution is 2.32. The number of para-hydroxylation sites is 1. The molecule has 2 heteroatoms. The summed E-state index contributed by atoms with van der Waals surface area (Å²) in [4.78, 5) is 0. The zero-order chi connectivity index (χ0) is 13.0. The first-order valence-electron chi connectivity index (χ1n) is 5.77. The van der Waals surface area contributed by atoms with Crippen LogP contribution in [0.3, 0.4) is 0 Å². The second-order valence-electron chi connectivity index (χ2n) is 4.01. The van der Waals surface area contributed by atoms with Crippen LogP contribution in [-0.2, 0) is 0 Å². The summed E-state index contributed by atoms with van der Waals surface area (Å²) < 4.78 is 5.40. The molecule has 0 spiro atoms. The lowest BCUT2D eigenvalue weighted by Crippen LogP contribution is -2.00. The molecule has 0 amide bonds. The number of hydrogen-bond donors (Lipinski definition) is 0. The second kappa shape index (κ2) is 5.74. The van der Waals surface area contributed by atoms with Gasteiger partial charge in [-0.1, -0.05) is 48.0 Å². The average Bonchev–Trinajstić information content (AvgIpc) is 2.42. The molecule has 18 heavy (non-hydrogen) atoms. The molecule has 0 saturated carbocycles. The quantitative estimate of drug-likeness (QED) is 0.725. The molecular weight excluding hydrogens is 244 g/mol. The van der Waals surface area contributed by atoms with Crippen molar-refractivity contribution in [3.05, 3.63) is 77.3 Å². The minimum absolute atomic E-state index is 0.110. The minimum Gasteiger partial charge on any atom is -0.496 e. The highest BCUT2D eigenvalue weighted by Gasteiger charge is 2.14. The Morgan fingerprint density at radius 3 is 2.39 bits per heavy atom. The van der Waals surface area contributed by atoms with Crippen molar-refractivity contribution in [3.8, 4) is 5.75 Å². The van der Waals surface area contributed by atoms with Crippen LogP contribution in [-0.4, -0.2) is 7.11 Å². The molecule has 0 aliphatic carbocycles. The van der Waals surface area contributed by atoms with E-state index < -0.39 is 0 Å². The number of rotatable bonds is 4. The van der Waals surface area contributed by atoms with Gasteiger partial charge in [0.2, 0.25) is 0 Å². The Bertz CT molecular complexity index is 531. The minimum atomic E-state index is 0.110. The molecule has 0 radical (unpaired) electrons. The zero-order valence-electron chi connectivity index (χ0n) is 10.3. The number of hydrogen-bond acceptors (Lipinski definition) is 1. The van der Waals surface area contributed by atoms with Gasteiger partial charge in [-0.15, -0.1) is 6.58 Å². The van der Waals surface area contributed by atoms with E-state index in [1.54, 1.807) is 7.11 Å². The first-order valence-corrected chi connectivity index (χ1v) is 6.15. The lowest BCUT2D eigenvalue weighted by atomic mass is 9.91. The van der Waals surface area contributed by atoms with Crippen LogP contribution < -0.4 is 4.74 Å². The fourth-order valence-corrected chi connectivity index (χ4v) is 2.16. The van der Waals surface area contributed by atoms with E-state index in [9.17, 15) is 0 Å². The molecule has 0 aromatic heterocycles. The molecule has 0 N–H and O–H groups in total. The largest absolute Gasteiger partial charge is 0.496 e. The van der Waals surface area contributed by atoms with Gasteiger partial charge in [0, 0.05) is 16.5 Å². The lowest BCUT2D eigenvalue weighted by Gasteiger charge is -2.16. The summed E-state index contributed by atoms with van der Waals surface area (Å²) >= 11 is 5.91. The first kappa shape index (κ1) is 12.7. The molecule has 2 aromatic rings. The third-order valence-corrected chi connectivity index (χ3v) is 3.19. The van der Waals surface area contributed by atoms with Crippen molar-refractivity contribution in [1.82, 2.24) is 0 Å². The van der Waals surface area contributed by atoms with Crippen LogP contribution >= 0.6 is 11.6 Å². The summed E-state index contributed by atoms with van der Waals surface area (Å²) in [6.07, 6.45) is 1.92. The summed E-state index contributed by atoms with van der Waals surface area (Å²) in [5.74, 6) is 0.982. The standard InChI is InChI=1S/C16H15ClO/c1-3-14(12-8-10-13(17)11-9-12)15-6-4-5-7-16(15)18-2/h3-11,14H,1H2,2H3/t14-/m1/s1. The van der Waals surface area contributed by atoms with Crippen LogP contribution in [0, 0.1) is 0 Å². The SMILES string of the molecule is C=C[C@H](c1ccc(Cl)cc1)c1ccccc1OC. The van der Waals surface area contributed by atoms with E-state index in [0.29, 0.717) is 0 Å². The summed E-state index contributed by atoms with van der Waals surface area (Å²) in [6.45, 7) is 3.92. The van der Waals surface area contributed by atoms with Crippen molar-refractivity contribution in [3.63, 3.8) is 0 Å². The molecule has 92 valence electrons. The Morgan fingerprint density at radius 2 is 1.78 bits per heavy atom. The average molecular weight is 259 g/mol. The van der Waals surface area contributed by atoms with Crippen molar-refractivity contribution < 1.29 is 4.74 Å². The lowest BCUT2D eigenvalue weighted by molar-refractivity contribution is 0.409. The van der Waals surface area contributed by atoms with Gasteiger partial charge in [-0.3, -0.25) is 0 Å². The van der Waals surface area contributed by atoms with Crippen LogP contribution in [0.15, 0.2) is 61.2 Å². The maximum atomic E-state index is 5.91. The third kappa shape index (κ3) is 2.57. The fraction of sp³-hybridized carbons (Fsp3) is 0.125. The molecule has 0 unspecified atom stereocenters. The Balaban J connectivity index is 2.45. The predicted molar refractivity (Wildman–Crippen MR) is 76.5 cm³/mol. The van der Waals surface area contributed by atoms with Crippen molar-refractivity contribution in [1.29, 1.82) is 0 Å². The monoisotopic (exact) mass is 258 g/mol. The fourth-order valence-electron chi connectivity index (χ4n) is 2.04. The summed E-state index contributed by atoms with van der Waals surface area (Å²) in [5, 5.41) is 0.738. The van der Waals surface area contributed by atoms with Crippen molar-refractivity contribution in [2.75, 3.05) is 7.11 Å². The zero-order valence-corrected chi connectivity index (χ0v) is 11.0. The van der Waals surface area contributed by atoms with Crippen LogP contribution in [0.4, 0.5) is 0 Å². The summed E-state index contributed by atoms with van der Waals surface area (Å²) in [6, 6.07) is 15.8. The Morgan fingerprint density at radius 1 is 1.11 bits per heavy atom. The van der Waals surface area contributed by atoms with Gasteiger partial charge in [-0.2, -0.15) is 0 Å². The smallest absolute Gasteiger partial charge is 0.122 e. The predicted octanol–water partition coefficient (Wildman–Crippen LogP) is 4.67. The van der Waals surface area contributed by atoms with E-state index in [1.165, 1.54) is 0 Å². The first-order chi connectivity index (χ1) is 8.76. The molecule has 0 bridgehead atoms. The number of benzene rings is 2. The summed E-state index contributed by atoms with van der Waals surface area (Å²) in [7, 11) is 1.68. The van der Waals surface area contributed by atoms with Gasteiger partial charge >= 0.3 is 0 Å². The number of allylic oxidation sites excluding steroid dienone is 1. The van der Waals surface area contributed by atoms with E-state index in [2.05, 4.69) is 12.6 Å². The van der Waals surface area contributed by atoms with Gasteiger partial charge in [0.15, 0.2) is 0 Å². The molecule has 2 rings (SSSR count). The Hall–Kier alpha value is -1.73. The molecule has 0 fully saturated rings. The van der Waals surface area contributed by atoms with E-state index >= 15 is 0 Å². The van der Waals surface area contributed by atoms with Gasteiger partial charge in [0.25, 0.3) is 0 Å². The molecule has 0 saturated heterocycles. The molecule has 1 atom stereocenters. The molecule has 0 heterocycles. The maximum absolute atomic E-state index is 5.91. The van der Waals surface area contributed by atoms with Crippen molar-refractivity contribution in [2.24, 2.45) is 0 Å². The van der Waals surface area contributed by atoms with E-state index in [4.69, 9.17) is 16.3 Å². The number of ether oxygens (including phenoxy) is 1. The highest BCUT2D eigenvalue weighted by atomic mass is 35.5.